The number of hydrogen-bond acceptors (Lipinski definition) is 6. The number of rotatable bonds is 10. The number of benzene rings is 2. The lowest BCUT2D eigenvalue weighted by molar-refractivity contribution is -0.0511. The van der Waals surface area contributed by atoms with E-state index in [1.165, 1.54) is 25.5 Å². The van der Waals surface area contributed by atoms with Gasteiger partial charge in [0.2, 0.25) is 5.89 Å². The minimum Gasteiger partial charge on any atom is -0.493 e. The highest BCUT2D eigenvalue weighted by Gasteiger charge is 2.16. The topological polar surface area (TPSA) is 70.8 Å². The largest absolute Gasteiger partial charge is 0.493 e. The smallest absolute Gasteiger partial charge is 0.387 e. The molecular weight excluding hydrogens is 396 g/mol. The van der Waals surface area contributed by atoms with E-state index in [0.717, 1.165) is 0 Å². The van der Waals surface area contributed by atoms with Crippen LogP contribution in [0.1, 0.15) is 29.4 Å². The molecule has 1 aromatic heterocycles. The Morgan fingerprint density at radius 2 is 1.93 bits per heavy atom. The highest BCUT2D eigenvalue weighted by atomic mass is 19.3. The highest BCUT2D eigenvalue weighted by Crippen LogP contribution is 2.33. The molecule has 0 N–H and O–H groups in total. The normalized spacial score (nSPS) is 10.8. The molecule has 6 nitrogen and oxygen atoms in total. The number of oxazole rings is 1. The van der Waals surface area contributed by atoms with Crippen molar-refractivity contribution in [2.24, 2.45) is 0 Å². The number of aryl methyl sites for hydroxylation is 1. The Hall–Kier alpha value is -3.42. The monoisotopic (exact) mass is 417 g/mol. The zero-order valence-electron chi connectivity index (χ0n) is 16.6. The molecule has 3 aromatic rings. The number of halogens is 2. The van der Waals surface area contributed by atoms with Crippen molar-refractivity contribution in [3.63, 3.8) is 0 Å². The number of Topliss-reactive ketones (excluding diaryl/α,β-unsaturated/α-hetero) is 1. The number of para-hydroxylation sites is 1. The van der Waals surface area contributed by atoms with Crippen molar-refractivity contribution in [1.82, 2.24) is 4.98 Å². The summed E-state index contributed by atoms with van der Waals surface area (Å²) in [4.78, 5) is 16.9. The molecule has 0 radical (unpaired) electrons. The van der Waals surface area contributed by atoms with Crippen molar-refractivity contribution in [2.75, 3.05) is 13.7 Å². The van der Waals surface area contributed by atoms with E-state index in [4.69, 9.17) is 13.9 Å². The summed E-state index contributed by atoms with van der Waals surface area (Å²) in [6, 6.07) is 11.6. The average molecular weight is 417 g/mol. The van der Waals surface area contributed by atoms with Gasteiger partial charge in [0.15, 0.2) is 17.3 Å². The maximum Gasteiger partial charge on any atom is 0.387 e. The van der Waals surface area contributed by atoms with Crippen LogP contribution in [0.2, 0.25) is 0 Å². The number of nitrogens with zero attached hydrogens (tertiary/aromatic N) is 1. The summed E-state index contributed by atoms with van der Waals surface area (Å²) in [5, 5.41) is 0. The first kappa shape index (κ1) is 21.3. The number of alkyl halides is 2. The van der Waals surface area contributed by atoms with Crippen molar-refractivity contribution >= 4 is 5.78 Å². The first-order chi connectivity index (χ1) is 14.5. The Morgan fingerprint density at radius 1 is 1.13 bits per heavy atom. The maximum absolute atomic E-state index is 12.6. The van der Waals surface area contributed by atoms with Gasteiger partial charge in [-0.05, 0) is 37.3 Å². The second-order valence-corrected chi connectivity index (χ2v) is 6.24. The first-order valence-corrected chi connectivity index (χ1v) is 9.34. The number of carbonyl (C=O) groups excluding carboxylic acids is 1. The predicted molar refractivity (Wildman–Crippen MR) is 105 cm³/mol. The molecule has 0 bridgehead atoms. The summed E-state index contributed by atoms with van der Waals surface area (Å²) in [6.07, 6.45) is 2.02. The molecular formula is C22H21F2NO5. The Balaban J connectivity index is 1.71. The number of ether oxygens (including phenoxy) is 3. The molecule has 8 heteroatoms. The van der Waals surface area contributed by atoms with Crippen LogP contribution >= 0.6 is 0 Å². The molecule has 158 valence electrons. The number of aromatic nitrogens is 1. The van der Waals surface area contributed by atoms with E-state index in [1.807, 2.05) is 13.0 Å². The lowest BCUT2D eigenvalue weighted by Crippen LogP contribution is -2.05. The number of methoxy groups -OCH3 is 1. The van der Waals surface area contributed by atoms with Gasteiger partial charge < -0.3 is 18.6 Å². The van der Waals surface area contributed by atoms with Crippen molar-refractivity contribution in [2.45, 2.75) is 26.4 Å². The summed E-state index contributed by atoms with van der Waals surface area (Å²) in [6.45, 7) is -0.662. The van der Waals surface area contributed by atoms with Crippen LogP contribution in [-0.2, 0) is 6.42 Å². The Bertz CT molecular complexity index is 1000. The van der Waals surface area contributed by atoms with Crippen molar-refractivity contribution in [1.29, 1.82) is 0 Å². The van der Waals surface area contributed by atoms with Gasteiger partial charge in [-0.15, -0.1) is 0 Å². The van der Waals surface area contributed by atoms with Crippen LogP contribution in [-0.4, -0.2) is 31.1 Å². The third kappa shape index (κ3) is 5.14. The fourth-order valence-corrected chi connectivity index (χ4v) is 2.91. The molecule has 0 amide bonds. The fraction of sp³-hybridized carbons (Fsp3) is 0.273. The molecule has 0 aliphatic rings. The van der Waals surface area contributed by atoms with Crippen LogP contribution in [0, 0.1) is 0 Å². The Labute approximate surface area is 172 Å². The Morgan fingerprint density at radius 3 is 2.67 bits per heavy atom. The SMILES string of the molecule is CCOc1ccccc1C(=O)CCc1coc(-c2ccc(OC)c(OC(F)F)c2)n1. The minimum absolute atomic E-state index is 0.0688. The molecule has 1 heterocycles. The number of hydrogen-bond donors (Lipinski definition) is 0. The number of carbonyl (C=O) groups is 1. The molecule has 2 aromatic carbocycles. The van der Waals surface area contributed by atoms with Gasteiger partial charge in [0, 0.05) is 18.4 Å². The van der Waals surface area contributed by atoms with Gasteiger partial charge in [0.1, 0.15) is 12.0 Å². The zero-order chi connectivity index (χ0) is 21.5. The van der Waals surface area contributed by atoms with Gasteiger partial charge in [0.05, 0.1) is 25.0 Å². The standard InChI is InChI=1S/C22H21F2NO5/c1-3-28-18-7-5-4-6-16(18)17(26)10-9-15-13-29-21(25-15)14-8-11-19(27-2)20(12-14)30-22(23)24/h4-8,11-13,22H,3,9-10H2,1-2H3. The molecule has 0 unspecified atom stereocenters. The van der Waals surface area contributed by atoms with E-state index in [1.54, 1.807) is 24.3 Å². The lowest BCUT2D eigenvalue weighted by atomic mass is 10.0. The summed E-state index contributed by atoms with van der Waals surface area (Å²) in [5.74, 6) is 0.766. The maximum atomic E-state index is 12.6. The molecule has 3 rings (SSSR count). The highest BCUT2D eigenvalue weighted by molar-refractivity contribution is 5.98. The van der Waals surface area contributed by atoms with E-state index in [9.17, 15) is 13.6 Å². The average Bonchev–Trinajstić information content (AvgIpc) is 3.21. The molecule has 0 saturated heterocycles. The molecule has 0 fully saturated rings. The molecule has 0 atom stereocenters. The molecule has 0 aliphatic heterocycles. The van der Waals surface area contributed by atoms with Crippen LogP contribution in [0.25, 0.3) is 11.5 Å². The van der Waals surface area contributed by atoms with Gasteiger partial charge in [0.25, 0.3) is 0 Å². The predicted octanol–water partition coefficient (Wildman–Crippen LogP) is 5.17. The summed E-state index contributed by atoms with van der Waals surface area (Å²) < 4.78 is 45.7. The van der Waals surface area contributed by atoms with Crippen LogP contribution in [0.4, 0.5) is 8.78 Å². The quantitative estimate of drug-likeness (QED) is 0.424. The summed E-state index contributed by atoms with van der Waals surface area (Å²) in [5.41, 5.74) is 1.54. The van der Waals surface area contributed by atoms with Crippen LogP contribution in [0.5, 0.6) is 17.2 Å². The third-order valence-corrected chi connectivity index (χ3v) is 4.27. The number of ketones is 1. The van der Waals surface area contributed by atoms with Gasteiger partial charge in [-0.2, -0.15) is 8.78 Å². The summed E-state index contributed by atoms with van der Waals surface area (Å²) in [7, 11) is 1.36. The van der Waals surface area contributed by atoms with E-state index in [0.29, 0.717) is 35.6 Å². The van der Waals surface area contributed by atoms with Crippen molar-refractivity contribution in [3.8, 4) is 28.7 Å². The van der Waals surface area contributed by atoms with E-state index in [2.05, 4.69) is 9.72 Å². The van der Waals surface area contributed by atoms with Crippen LogP contribution in [0.3, 0.4) is 0 Å². The minimum atomic E-state index is -2.99. The van der Waals surface area contributed by atoms with Gasteiger partial charge >= 0.3 is 6.61 Å². The Kier molecular flexibility index (Phi) is 7.00. The second kappa shape index (κ2) is 9.87. The van der Waals surface area contributed by atoms with Crippen molar-refractivity contribution in [3.05, 3.63) is 60.0 Å². The van der Waals surface area contributed by atoms with Gasteiger partial charge in [-0.1, -0.05) is 12.1 Å². The summed E-state index contributed by atoms with van der Waals surface area (Å²) >= 11 is 0. The van der Waals surface area contributed by atoms with Crippen molar-refractivity contribution < 1.29 is 32.2 Å². The van der Waals surface area contributed by atoms with Gasteiger partial charge in [-0.25, -0.2) is 4.98 Å². The van der Waals surface area contributed by atoms with Gasteiger partial charge in [-0.3, -0.25) is 4.79 Å². The molecule has 0 saturated carbocycles. The first-order valence-electron chi connectivity index (χ1n) is 9.34. The second-order valence-electron chi connectivity index (χ2n) is 6.24. The van der Waals surface area contributed by atoms with Crippen LogP contribution in [0.15, 0.2) is 53.1 Å². The zero-order valence-corrected chi connectivity index (χ0v) is 16.6. The van der Waals surface area contributed by atoms with E-state index >= 15 is 0 Å². The molecule has 0 aliphatic carbocycles. The lowest BCUT2D eigenvalue weighted by Gasteiger charge is -2.10. The van der Waals surface area contributed by atoms with E-state index < -0.39 is 6.61 Å². The van der Waals surface area contributed by atoms with Crippen LogP contribution < -0.4 is 14.2 Å². The molecule has 30 heavy (non-hydrogen) atoms. The molecule has 0 spiro atoms. The third-order valence-electron chi connectivity index (χ3n) is 4.27. The van der Waals surface area contributed by atoms with E-state index in [-0.39, 0.29) is 29.6 Å². The fourth-order valence-electron chi connectivity index (χ4n) is 2.91.